The zero-order valence-corrected chi connectivity index (χ0v) is 10.8. The van der Waals surface area contributed by atoms with Crippen LogP contribution < -0.4 is 0 Å². The third-order valence-electron chi connectivity index (χ3n) is 2.81. The summed E-state index contributed by atoms with van der Waals surface area (Å²) in [7, 11) is 0. The number of hydrogen-bond acceptors (Lipinski definition) is 1. The lowest BCUT2D eigenvalue weighted by Crippen LogP contribution is -1.89. The number of aliphatic hydroxyl groups is 1. The van der Waals surface area contributed by atoms with Crippen molar-refractivity contribution >= 4 is 5.57 Å². The first kappa shape index (κ1) is 14.2. The summed E-state index contributed by atoms with van der Waals surface area (Å²) >= 11 is 0. The molecule has 0 aromatic heterocycles. The summed E-state index contributed by atoms with van der Waals surface area (Å²) in [6.07, 6.45) is 5.10. The van der Waals surface area contributed by atoms with Crippen LogP contribution in [0.1, 0.15) is 11.1 Å². The normalized spacial score (nSPS) is 10.8. The molecule has 2 rings (SSSR count). The Labute approximate surface area is 116 Å². The Morgan fingerprint density at radius 2 is 1.30 bits per heavy atom. The van der Waals surface area contributed by atoms with Crippen molar-refractivity contribution in [3.63, 3.8) is 0 Å². The predicted molar refractivity (Wildman–Crippen MR) is 76.1 cm³/mol. The second-order valence-corrected chi connectivity index (χ2v) is 4.20. The fourth-order valence-electron chi connectivity index (χ4n) is 1.84. The van der Waals surface area contributed by atoms with Gasteiger partial charge >= 0.3 is 0 Å². The minimum atomic E-state index is -0.307. The van der Waals surface area contributed by atoms with Crippen LogP contribution in [0.25, 0.3) is 5.57 Å². The van der Waals surface area contributed by atoms with E-state index in [1.54, 1.807) is 42.5 Å². The number of benzene rings is 2. The summed E-state index contributed by atoms with van der Waals surface area (Å²) in [6.45, 7) is -0.0589. The molecule has 3 heteroatoms. The molecule has 0 bridgehead atoms. The average molecular weight is 272 g/mol. The summed E-state index contributed by atoms with van der Waals surface area (Å²) in [6, 6.07) is 12.2. The van der Waals surface area contributed by atoms with Gasteiger partial charge in [0.1, 0.15) is 11.6 Å². The highest BCUT2D eigenvalue weighted by Crippen LogP contribution is 2.24. The fraction of sp³-hybridized carbons (Fsp3) is 0.0588. The molecule has 0 radical (unpaired) electrons. The molecule has 0 aliphatic heterocycles. The first-order valence-corrected chi connectivity index (χ1v) is 6.20. The predicted octanol–water partition coefficient (Wildman–Crippen LogP) is 3.95. The SMILES string of the molecule is OC/C=C/C=C(c1ccc(F)cc1)c1ccc(F)cc1. The highest BCUT2D eigenvalue weighted by atomic mass is 19.1. The van der Waals surface area contributed by atoms with Crippen LogP contribution in [-0.4, -0.2) is 11.7 Å². The second kappa shape index (κ2) is 6.78. The Kier molecular flexibility index (Phi) is 4.80. The maximum Gasteiger partial charge on any atom is 0.123 e. The van der Waals surface area contributed by atoms with Crippen LogP contribution in [0.3, 0.4) is 0 Å². The van der Waals surface area contributed by atoms with E-state index >= 15 is 0 Å². The van der Waals surface area contributed by atoms with Gasteiger partial charge in [-0.2, -0.15) is 0 Å². The Bertz CT molecular complexity index is 563. The first-order chi connectivity index (χ1) is 9.70. The Hall–Kier alpha value is -2.26. The summed E-state index contributed by atoms with van der Waals surface area (Å²) in [5, 5.41) is 8.78. The lowest BCUT2D eigenvalue weighted by atomic mass is 9.97. The van der Waals surface area contributed by atoms with E-state index in [0.29, 0.717) is 0 Å². The Morgan fingerprint density at radius 3 is 1.70 bits per heavy atom. The van der Waals surface area contributed by atoms with Crippen LogP contribution in [-0.2, 0) is 0 Å². The molecule has 1 N–H and O–H groups in total. The van der Waals surface area contributed by atoms with Gasteiger partial charge in [0.25, 0.3) is 0 Å². The van der Waals surface area contributed by atoms with E-state index < -0.39 is 0 Å². The molecule has 0 saturated carbocycles. The molecule has 0 atom stereocenters. The molecule has 0 saturated heterocycles. The van der Waals surface area contributed by atoms with Crippen molar-refractivity contribution < 1.29 is 13.9 Å². The topological polar surface area (TPSA) is 20.2 Å². The molecule has 102 valence electrons. The van der Waals surface area contributed by atoms with Crippen LogP contribution in [0, 0.1) is 11.6 Å². The number of halogens is 2. The van der Waals surface area contributed by atoms with Crippen LogP contribution in [0.4, 0.5) is 8.78 Å². The molecular formula is C17H14F2O. The van der Waals surface area contributed by atoms with Crippen molar-refractivity contribution in [3.8, 4) is 0 Å². The summed E-state index contributed by atoms with van der Waals surface area (Å²) in [5.41, 5.74) is 2.47. The van der Waals surface area contributed by atoms with E-state index in [1.165, 1.54) is 24.3 Å². The molecule has 1 nitrogen and oxygen atoms in total. The smallest absolute Gasteiger partial charge is 0.123 e. The van der Waals surface area contributed by atoms with Crippen LogP contribution >= 0.6 is 0 Å². The average Bonchev–Trinajstić information content (AvgIpc) is 2.46. The lowest BCUT2D eigenvalue weighted by Gasteiger charge is -2.08. The molecule has 20 heavy (non-hydrogen) atoms. The van der Waals surface area contributed by atoms with Crippen molar-refractivity contribution in [1.29, 1.82) is 0 Å². The lowest BCUT2D eigenvalue weighted by molar-refractivity contribution is 0.343. The van der Waals surface area contributed by atoms with E-state index in [-0.39, 0.29) is 18.2 Å². The zero-order chi connectivity index (χ0) is 14.4. The van der Waals surface area contributed by atoms with E-state index in [1.807, 2.05) is 0 Å². The first-order valence-electron chi connectivity index (χ1n) is 6.20. The van der Waals surface area contributed by atoms with Gasteiger partial charge in [0.15, 0.2) is 0 Å². The maximum absolute atomic E-state index is 13.0. The van der Waals surface area contributed by atoms with Gasteiger partial charge in [-0.05, 0) is 41.0 Å². The van der Waals surface area contributed by atoms with Gasteiger partial charge in [-0.3, -0.25) is 0 Å². The van der Waals surface area contributed by atoms with Crippen molar-refractivity contribution in [2.24, 2.45) is 0 Å². The summed E-state index contributed by atoms with van der Waals surface area (Å²) in [5.74, 6) is -0.615. The van der Waals surface area contributed by atoms with Gasteiger partial charge in [0.05, 0.1) is 6.61 Å². The van der Waals surface area contributed by atoms with Gasteiger partial charge in [-0.25, -0.2) is 8.78 Å². The van der Waals surface area contributed by atoms with E-state index in [0.717, 1.165) is 16.7 Å². The standard InChI is InChI=1S/C17H14F2O/c18-15-8-4-13(5-9-15)17(3-1-2-12-20)14-6-10-16(19)11-7-14/h1-11,20H,12H2/b2-1+. The molecule has 2 aromatic carbocycles. The molecule has 0 unspecified atom stereocenters. The van der Waals surface area contributed by atoms with Gasteiger partial charge in [0.2, 0.25) is 0 Å². The summed E-state index contributed by atoms with van der Waals surface area (Å²) in [4.78, 5) is 0. The van der Waals surface area contributed by atoms with Gasteiger partial charge in [-0.1, -0.05) is 42.5 Å². The molecular weight excluding hydrogens is 258 g/mol. The molecule has 2 aromatic rings. The highest BCUT2D eigenvalue weighted by molar-refractivity contribution is 5.80. The Morgan fingerprint density at radius 1 is 0.850 bits per heavy atom. The Balaban J connectivity index is 2.44. The number of rotatable bonds is 4. The molecule has 0 fully saturated rings. The van der Waals surface area contributed by atoms with E-state index in [2.05, 4.69) is 0 Å². The van der Waals surface area contributed by atoms with E-state index in [9.17, 15) is 8.78 Å². The van der Waals surface area contributed by atoms with Crippen LogP contribution in [0.5, 0.6) is 0 Å². The van der Waals surface area contributed by atoms with Gasteiger partial charge in [-0.15, -0.1) is 0 Å². The molecule has 0 heterocycles. The van der Waals surface area contributed by atoms with Crippen LogP contribution in [0.2, 0.25) is 0 Å². The minimum Gasteiger partial charge on any atom is -0.392 e. The number of hydrogen-bond donors (Lipinski definition) is 1. The maximum atomic E-state index is 13.0. The van der Waals surface area contributed by atoms with Crippen molar-refractivity contribution in [2.45, 2.75) is 0 Å². The van der Waals surface area contributed by atoms with Gasteiger partial charge < -0.3 is 5.11 Å². The number of allylic oxidation sites excluding steroid dienone is 2. The third-order valence-corrected chi connectivity index (χ3v) is 2.81. The monoisotopic (exact) mass is 272 g/mol. The van der Waals surface area contributed by atoms with E-state index in [4.69, 9.17) is 5.11 Å². The fourth-order valence-corrected chi connectivity index (χ4v) is 1.84. The number of aliphatic hydroxyl groups excluding tert-OH is 1. The largest absolute Gasteiger partial charge is 0.392 e. The van der Waals surface area contributed by atoms with Crippen LogP contribution in [0.15, 0.2) is 66.8 Å². The molecule has 0 spiro atoms. The third kappa shape index (κ3) is 3.62. The van der Waals surface area contributed by atoms with Gasteiger partial charge in [0, 0.05) is 0 Å². The van der Waals surface area contributed by atoms with Crippen molar-refractivity contribution in [3.05, 3.63) is 89.5 Å². The molecule has 0 aliphatic rings. The highest BCUT2D eigenvalue weighted by Gasteiger charge is 2.04. The second-order valence-electron chi connectivity index (χ2n) is 4.20. The quantitative estimate of drug-likeness (QED) is 0.836. The molecule has 0 amide bonds. The molecule has 0 aliphatic carbocycles. The zero-order valence-electron chi connectivity index (χ0n) is 10.8. The van der Waals surface area contributed by atoms with Crippen molar-refractivity contribution in [1.82, 2.24) is 0 Å². The minimum absolute atomic E-state index is 0.0589. The summed E-state index contributed by atoms with van der Waals surface area (Å²) < 4.78 is 26.0. The van der Waals surface area contributed by atoms with Crippen molar-refractivity contribution in [2.75, 3.05) is 6.61 Å².